The molecule has 1 amide bonds. The van der Waals surface area contributed by atoms with E-state index in [9.17, 15) is 4.79 Å². The van der Waals surface area contributed by atoms with Gasteiger partial charge in [-0.3, -0.25) is 4.79 Å². The highest BCUT2D eigenvalue weighted by molar-refractivity contribution is 7.80. The molecule has 2 rings (SSSR count). The van der Waals surface area contributed by atoms with Crippen LogP contribution in [-0.2, 0) is 4.79 Å². The third-order valence-corrected chi connectivity index (χ3v) is 4.19. The first kappa shape index (κ1) is 15.0. The highest BCUT2D eigenvalue weighted by atomic mass is 32.1. The summed E-state index contributed by atoms with van der Waals surface area (Å²) in [6.07, 6.45) is 3.45. The maximum Gasteiger partial charge on any atom is 0.236 e. The molecule has 1 heterocycles. The summed E-state index contributed by atoms with van der Waals surface area (Å²) < 4.78 is 0. The predicted molar refractivity (Wildman–Crippen MR) is 85.6 cm³/mol. The Labute approximate surface area is 126 Å². The van der Waals surface area contributed by atoms with Crippen molar-refractivity contribution in [1.29, 1.82) is 0 Å². The largest absolute Gasteiger partial charge is 0.392 e. The van der Waals surface area contributed by atoms with Gasteiger partial charge in [0.15, 0.2) is 0 Å². The van der Waals surface area contributed by atoms with E-state index in [-0.39, 0.29) is 10.9 Å². The molecule has 2 N–H and O–H groups in total. The lowest BCUT2D eigenvalue weighted by Gasteiger charge is -2.23. The van der Waals surface area contributed by atoms with Crippen molar-refractivity contribution in [2.75, 3.05) is 13.1 Å². The number of rotatable bonds is 5. The van der Waals surface area contributed by atoms with Crippen LogP contribution in [0.5, 0.6) is 0 Å². The number of carbonyl (C=O) groups excluding carboxylic acids is 1. The van der Waals surface area contributed by atoms with Gasteiger partial charge in [0, 0.05) is 13.1 Å². The Kier molecular flexibility index (Phi) is 5.12. The fraction of sp³-hybridized carbons (Fsp3) is 0.500. The first-order valence-electron chi connectivity index (χ1n) is 7.26. The van der Waals surface area contributed by atoms with Crippen molar-refractivity contribution >= 4 is 23.1 Å². The molecule has 2 unspecified atom stereocenters. The van der Waals surface area contributed by atoms with Gasteiger partial charge in [0.1, 0.15) is 5.92 Å². The van der Waals surface area contributed by atoms with Crippen molar-refractivity contribution in [2.24, 2.45) is 11.7 Å². The molecule has 0 radical (unpaired) electrons. The van der Waals surface area contributed by atoms with Crippen LogP contribution in [0, 0.1) is 5.92 Å². The first-order valence-corrected chi connectivity index (χ1v) is 7.67. The Morgan fingerprint density at radius 1 is 1.45 bits per heavy atom. The second-order valence-corrected chi connectivity index (χ2v) is 5.95. The van der Waals surface area contributed by atoms with E-state index in [4.69, 9.17) is 18.0 Å². The summed E-state index contributed by atoms with van der Waals surface area (Å²) in [5, 5.41) is 0. The number of thiocarbonyl (C=S) groups is 1. The molecule has 0 spiro atoms. The third-order valence-electron chi connectivity index (χ3n) is 3.96. The van der Waals surface area contributed by atoms with Crippen molar-refractivity contribution in [3.05, 3.63) is 35.9 Å². The maximum absolute atomic E-state index is 12.7. The number of hydrogen-bond acceptors (Lipinski definition) is 2. The highest BCUT2D eigenvalue weighted by Crippen LogP contribution is 2.26. The second-order valence-electron chi connectivity index (χ2n) is 5.47. The van der Waals surface area contributed by atoms with Gasteiger partial charge >= 0.3 is 0 Å². The molecule has 0 aromatic heterocycles. The minimum absolute atomic E-state index is 0.0577. The van der Waals surface area contributed by atoms with Gasteiger partial charge in [-0.25, -0.2) is 0 Å². The molecule has 1 aromatic carbocycles. The van der Waals surface area contributed by atoms with Crippen molar-refractivity contribution in [1.82, 2.24) is 4.90 Å². The van der Waals surface area contributed by atoms with Gasteiger partial charge in [-0.2, -0.15) is 0 Å². The number of nitrogens with two attached hydrogens (primary N) is 1. The van der Waals surface area contributed by atoms with Crippen LogP contribution in [0.2, 0.25) is 0 Å². The van der Waals surface area contributed by atoms with Gasteiger partial charge < -0.3 is 10.6 Å². The number of likely N-dealkylation sites (tertiary alicyclic amines) is 1. The lowest BCUT2D eigenvalue weighted by molar-refractivity contribution is -0.130. The fourth-order valence-corrected chi connectivity index (χ4v) is 3.17. The molecule has 2 atom stereocenters. The standard InChI is InChI=1S/C16H22N2OS/c1-2-6-12-9-10-18(11-12)16(19)14(15(17)20)13-7-4-3-5-8-13/h3-5,7-8,12,14H,2,6,9-11H2,1H3,(H2,17,20). The molecule has 1 aliphatic heterocycles. The van der Waals surface area contributed by atoms with Crippen molar-refractivity contribution in [3.8, 4) is 0 Å². The summed E-state index contributed by atoms with van der Waals surface area (Å²) in [5.74, 6) is 0.209. The molecule has 4 heteroatoms. The van der Waals surface area contributed by atoms with E-state index < -0.39 is 5.92 Å². The molecular formula is C16H22N2OS. The van der Waals surface area contributed by atoms with Crippen LogP contribution in [0.3, 0.4) is 0 Å². The highest BCUT2D eigenvalue weighted by Gasteiger charge is 2.32. The zero-order valence-corrected chi connectivity index (χ0v) is 12.7. The number of hydrogen-bond donors (Lipinski definition) is 1. The Morgan fingerprint density at radius 2 is 2.15 bits per heavy atom. The van der Waals surface area contributed by atoms with Crippen molar-refractivity contribution < 1.29 is 4.79 Å². The van der Waals surface area contributed by atoms with Crippen molar-refractivity contribution in [2.45, 2.75) is 32.1 Å². The summed E-state index contributed by atoms with van der Waals surface area (Å²) in [6, 6.07) is 9.59. The predicted octanol–water partition coefficient (Wildman–Crippen LogP) is 2.70. The summed E-state index contributed by atoms with van der Waals surface area (Å²) in [5.41, 5.74) is 6.71. The Bertz CT molecular complexity index is 475. The number of benzene rings is 1. The monoisotopic (exact) mass is 290 g/mol. The normalized spacial score (nSPS) is 19.9. The second kappa shape index (κ2) is 6.84. The van der Waals surface area contributed by atoms with E-state index in [1.807, 2.05) is 35.2 Å². The van der Waals surface area contributed by atoms with Crippen LogP contribution in [0.4, 0.5) is 0 Å². The quantitative estimate of drug-likeness (QED) is 0.848. The molecule has 20 heavy (non-hydrogen) atoms. The van der Waals surface area contributed by atoms with Gasteiger partial charge in [0.2, 0.25) is 5.91 Å². The molecule has 1 aliphatic rings. The summed E-state index contributed by atoms with van der Waals surface area (Å²) in [7, 11) is 0. The zero-order chi connectivity index (χ0) is 14.5. The molecule has 0 bridgehead atoms. The summed E-state index contributed by atoms with van der Waals surface area (Å²) >= 11 is 5.12. The minimum atomic E-state index is -0.480. The van der Waals surface area contributed by atoms with Gasteiger partial charge in [0.25, 0.3) is 0 Å². The Morgan fingerprint density at radius 3 is 2.75 bits per heavy atom. The Hall–Kier alpha value is -1.42. The van der Waals surface area contributed by atoms with Crippen LogP contribution >= 0.6 is 12.2 Å². The zero-order valence-electron chi connectivity index (χ0n) is 11.9. The van der Waals surface area contributed by atoms with Crippen LogP contribution in [0.25, 0.3) is 0 Å². The van der Waals surface area contributed by atoms with Crippen LogP contribution in [-0.4, -0.2) is 28.9 Å². The maximum atomic E-state index is 12.7. The first-order chi connectivity index (χ1) is 9.63. The van der Waals surface area contributed by atoms with Gasteiger partial charge in [-0.05, 0) is 24.3 Å². The SMILES string of the molecule is CCCC1CCN(C(=O)C(C(N)=S)c2ccccc2)C1. The van der Waals surface area contributed by atoms with E-state index in [0.717, 1.165) is 25.1 Å². The van der Waals surface area contributed by atoms with E-state index in [0.29, 0.717) is 5.92 Å². The van der Waals surface area contributed by atoms with E-state index in [1.54, 1.807) is 0 Å². The van der Waals surface area contributed by atoms with Crippen molar-refractivity contribution in [3.63, 3.8) is 0 Å². The number of amides is 1. The van der Waals surface area contributed by atoms with E-state index in [2.05, 4.69) is 6.92 Å². The molecule has 3 nitrogen and oxygen atoms in total. The molecule has 0 saturated carbocycles. The summed E-state index contributed by atoms with van der Waals surface area (Å²) in [4.78, 5) is 14.9. The average molecular weight is 290 g/mol. The van der Waals surface area contributed by atoms with Gasteiger partial charge in [-0.15, -0.1) is 0 Å². The molecule has 0 aliphatic carbocycles. The lowest BCUT2D eigenvalue weighted by atomic mass is 9.97. The smallest absolute Gasteiger partial charge is 0.236 e. The number of carbonyl (C=O) groups is 1. The van der Waals surface area contributed by atoms with Crippen LogP contribution in [0.15, 0.2) is 30.3 Å². The summed E-state index contributed by atoms with van der Waals surface area (Å²) in [6.45, 7) is 3.86. The molecular weight excluding hydrogens is 268 g/mol. The van der Waals surface area contributed by atoms with E-state index >= 15 is 0 Å². The van der Waals surface area contributed by atoms with Gasteiger partial charge in [-0.1, -0.05) is 55.9 Å². The molecule has 108 valence electrons. The van der Waals surface area contributed by atoms with Gasteiger partial charge in [0.05, 0.1) is 4.99 Å². The minimum Gasteiger partial charge on any atom is -0.392 e. The average Bonchev–Trinajstić information content (AvgIpc) is 2.89. The molecule has 1 fully saturated rings. The topological polar surface area (TPSA) is 46.3 Å². The lowest BCUT2D eigenvalue weighted by Crippen LogP contribution is -2.38. The van der Waals surface area contributed by atoms with Crippen LogP contribution < -0.4 is 5.73 Å². The van der Waals surface area contributed by atoms with E-state index in [1.165, 1.54) is 12.8 Å². The number of nitrogens with zero attached hydrogens (tertiary/aromatic N) is 1. The fourth-order valence-electron chi connectivity index (χ4n) is 2.93. The third kappa shape index (κ3) is 3.37. The molecule has 1 aromatic rings. The molecule has 1 saturated heterocycles. The Balaban J connectivity index is 2.11. The van der Waals surface area contributed by atoms with Crippen LogP contribution in [0.1, 0.15) is 37.7 Å².